The van der Waals surface area contributed by atoms with Gasteiger partial charge in [-0.3, -0.25) is 0 Å². The van der Waals surface area contributed by atoms with Crippen molar-refractivity contribution in [1.29, 1.82) is 0 Å². The molecule has 0 unspecified atom stereocenters. The molecule has 0 atom stereocenters. The lowest BCUT2D eigenvalue weighted by atomic mass is 10.2. The van der Waals surface area contributed by atoms with Crippen LogP contribution in [0.5, 0.6) is 17.2 Å². The highest BCUT2D eigenvalue weighted by Crippen LogP contribution is 2.32. The molecule has 0 aliphatic heterocycles. The van der Waals surface area contributed by atoms with E-state index in [2.05, 4.69) is 18.4 Å². The molecule has 0 fully saturated rings. The first-order valence-electron chi connectivity index (χ1n) is 7.29. The van der Waals surface area contributed by atoms with Gasteiger partial charge in [-0.1, -0.05) is 12.1 Å². The maximum absolute atomic E-state index is 10.1. The van der Waals surface area contributed by atoms with Crippen LogP contribution < -0.4 is 4.74 Å². The molecule has 0 amide bonds. The van der Waals surface area contributed by atoms with Crippen LogP contribution in [0.4, 0.5) is 0 Å². The van der Waals surface area contributed by atoms with E-state index < -0.39 is 0 Å². The number of hydrogen-bond acceptors (Lipinski definition) is 3. The van der Waals surface area contributed by atoms with E-state index in [0.29, 0.717) is 12.4 Å². The van der Waals surface area contributed by atoms with E-state index in [0.717, 1.165) is 16.5 Å². The van der Waals surface area contributed by atoms with Crippen molar-refractivity contribution in [3.05, 3.63) is 54.2 Å². The normalized spacial score (nSPS) is 11.2. The van der Waals surface area contributed by atoms with E-state index in [1.807, 2.05) is 18.3 Å². The molecule has 2 N–H and O–H groups in total. The number of phenolic OH excluding ortho intramolecular Hbond substituents is 2. The van der Waals surface area contributed by atoms with Crippen LogP contribution in [0.25, 0.3) is 10.9 Å². The van der Waals surface area contributed by atoms with Gasteiger partial charge in [-0.2, -0.15) is 0 Å². The number of hydrogen-bond donors (Lipinski definition) is 2. The lowest BCUT2D eigenvalue weighted by molar-refractivity contribution is 0.306. The van der Waals surface area contributed by atoms with Crippen LogP contribution in [0, 0.1) is 0 Å². The molecule has 0 radical (unpaired) electrons. The maximum atomic E-state index is 10.1. The second kappa shape index (κ2) is 5.64. The van der Waals surface area contributed by atoms with Gasteiger partial charge in [0.25, 0.3) is 0 Å². The van der Waals surface area contributed by atoms with Gasteiger partial charge in [0.2, 0.25) is 0 Å². The standard InChI is InChI=1S/C18H19NO3/c1-12(2)19-10-13(16-4-3-5-17(21)18(16)19)11-22-15-8-6-14(20)7-9-15/h3-10,12,20-21H,11H2,1-2H3. The molecule has 1 aromatic heterocycles. The van der Waals surface area contributed by atoms with Gasteiger partial charge in [-0.15, -0.1) is 0 Å². The lowest BCUT2D eigenvalue weighted by Gasteiger charge is -2.09. The smallest absolute Gasteiger partial charge is 0.139 e. The number of rotatable bonds is 4. The first kappa shape index (κ1) is 14.3. The third-order valence-electron chi connectivity index (χ3n) is 3.70. The van der Waals surface area contributed by atoms with Gasteiger partial charge >= 0.3 is 0 Å². The predicted octanol–water partition coefficient (Wildman–Crippen LogP) is 4.21. The molecule has 3 aromatic rings. The zero-order chi connectivity index (χ0) is 15.7. The van der Waals surface area contributed by atoms with Crippen molar-refractivity contribution in [3.8, 4) is 17.2 Å². The minimum Gasteiger partial charge on any atom is -0.508 e. The Kier molecular flexibility index (Phi) is 3.67. The lowest BCUT2D eigenvalue weighted by Crippen LogP contribution is -1.98. The van der Waals surface area contributed by atoms with Gasteiger partial charge in [-0.25, -0.2) is 0 Å². The van der Waals surface area contributed by atoms with Gasteiger partial charge in [0.15, 0.2) is 0 Å². The van der Waals surface area contributed by atoms with Crippen LogP contribution in [-0.4, -0.2) is 14.8 Å². The highest BCUT2D eigenvalue weighted by atomic mass is 16.5. The van der Waals surface area contributed by atoms with Crippen molar-refractivity contribution in [2.24, 2.45) is 0 Å². The third kappa shape index (κ3) is 2.60. The summed E-state index contributed by atoms with van der Waals surface area (Å²) in [6, 6.07) is 12.4. The number of fused-ring (bicyclic) bond motifs is 1. The topological polar surface area (TPSA) is 54.6 Å². The first-order valence-corrected chi connectivity index (χ1v) is 7.29. The Hall–Kier alpha value is -2.62. The van der Waals surface area contributed by atoms with Gasteiger partial charge in [0.1, 0.15) is 23.9 Å². The average molecular weight is 297 g/mol. The summed E-state index contributed by atoms with van der Waals surface area (Å²) in [5.41, 5.74) is 1.86. The van der Waals surface area contributed by atoms with Crippen LogP contribution in [0.15, 0.2) is 48.7 Å². The summed E-state index contributed by atoms with van der Waals surface area (Å²) >= 11 is 0. The summed E-state index contributed by atoms with van der Waals surface area (Å²) in [5.74, 6) is 1.19. The first-order chi connectivity index (χ1) is 10.6. The number of nitrogens with zero attached hydrogens (tertiary/aromatic N) is 1. The Labute approximate surface area is 129 Å². The molecule has 0 aliphatic carbocycles. The van der Waals surface area contributed by atoms with Gasteiger partial charge < -0.3 is 19.5 Å². The van der Waals surface area contributed by atoms with Crippen LogP contribution in [0.1, 0.15) is 25.5 Å². The Morgan fingerprint density at radius 1 is 1.05 bits per heavy atom. The molecular formula is C18H19NO3. The molecule has 0 spiro atoms. The van der Waals surface area contributed by atoms with Crippen molar-refractivity contribution in [1.82, 2.24) is 4.57 Å². The molecule has 114 valence electrons. The summed E-state index contributed by atoms with van der Waals surface area (Å²) in [5, 5.41) is 20.4. The zero-order valence-electron chi connectivity index (χ0n) is 12.7. The third-order valence-corrected chi connectivity index (χ3v) is 3.70. The number of ether oxygens (including phenoxy) is 1. The molecule has 0 bridgehead atoms. The van der Waals surface area contributed by atoms with Crippen molar-refractivity contribution in [3.63, 3.8) is 0 Å². The maximum Gasteiger partial charge on any atom is 0.139 e. The fourth-order valence-corrected chi connectivity index (χ4v) is 2.59. The summed E-state index contributed by atoms with van der Waals surface area (Å²) in [7, 11) is 0. The predicted molar refractivity (Wildman–Crippen MR) is 86.4 cm³/mol. The van der Waals surface area contributed by atoms with E-state index in [-0.39, 0.29) is 17.5 Å². The molecule has 0 saturated carbocycles. The largest absolute Gasteiger partial charge is 0.508 e. The van der Waals surface area contributed by atoms with Crippen molar-refractivity contribution >= 4 is 10.9 Å². The quantitative estimate of drug-likeness (QED) is 0.758. The SMILES string of the molecule is CC(C)n1cc(COc2ccc(O)cc2)c2cccc(O)c21. The molecule has 0 saturated heterocycles. The highest BCUT2D eigenvalue weighted by molar-refractivity contribution is 5.89. The van der Waals surface area contributed by atoms with E-state index in [4.69, 9.17) is 4.74 Å². The molecule has 0 aliphatic rings. The average Bonchev–Trinajstić information content (AvgIpc) is 2.87. The highest BCUT2D eigenvalue weighted by Gasteiger charge is 2.14. The summed E-state index contributed by atoms with van der Waals surface area (Å²) in [6.07, 6.45) is 2.02. The van der Waals surface area contributed by atoms with Crippen LogP contribution in [0.2, 0.25) is 0 Å². The Bertz CT molecular complexity index is 788. The Balaban J connectivity index is 1.94. The number of para-hydroxylation sites is 1. The van der Waals surface area contributed by atoms with Gasteiger partial charge in [0, 0.05) is 23.2 Å². The molecule has 2 aromatic carbocycles. The molecular weight excluding hydrogens is 278 g/mol. The van der Waals surface area contributed by atoms with Gasteiger partial charge in [0.05, 0.1) is 5.52 Å². The van der Waals surface area contributed by atoms with Crippen LogP contribution in [0.3, 0.4) is 0 Å². The summed E-state index contributed by atoms with van der Waals surface area (Å²) < 4.78 is 7.84. The number of benzene rings is 2. The number of aromatic hydroxyl groups is 2. The molecule has 4 heteroatoms. The fraction of sp³-hybridized carbons (Fsp3) is 0.222. The van der Waals surface area contributed by atoms with Gasteiger partial charge in [-0.05, 0) is 44.2 Å². The van der Waals surface area contributed by atoms with E-state index in [1.165, 1.54) is 0 Å². The second-order valence-electron chi connectivity index (χ2n) is 5.61. The van der Waals surface area contributed by atoms with E-state index in [1.54, 1.807) is 30.3 Å². The molecule has 1 heterocycles. The summed E-state index contributed by atoms with van der Waals surface area (Å²) in [6.45, 7) is 4.57. The monoisotopic (exact) mass is 297 g/mol. The number of phenols is 2. The molecule has 3 rings (SSSR count). The minimum atomic E-state index is 0.216. The Morgan fingerprint density at radius 3 is 2.45 bits per heavy atom. The van der Waals surface area contributed by atoms with Crippen molar-refractivity contribution < 1.29 is 14.9 Å². The van der Waals surface area contributed by atoms with Crippen LogP contribution in [-0.2, 0) is 6.61 Å². The van der Waals surface area contributed by atoms with E-state index in [9.17, 15) is 10.2 Å². The summed E-state index contributed by atoms with van der Waals surface area (Å²) in [4.78, 5) is 0. The molecule has 4 nitrogen and oxygen atoms in total. The van der Waals surface area contributed by atoms with Crippen molar-refractivity contribution in [2.75, 3.05) is 0 Å². The van der Waals surface area contributed by atoms with Crippen LogP contribution >= 0.6 is 0 Å². The minimum absolute atomic E-state index is 0.216. The fourth-order valence-electron chi connectivity index (χ4n) is 2.59. The number of aromatic nitrogens is 1. The Morgan fingerprint density at radius 2 is 1.77 bits per heavy atom. The van der Waals surface area contributed by atoms with E-state index >= 15 is 0 Å². The second-order valence-corrected chi connectivity index (χ2v) is 5.61. The molecule has 22 heavy (non-hydrogen) atoms. The zero-order valence-corrected chi connectivity index (χ0v) is 12.7. The van der Waals surface area contributed by atoms with Crippen molar-refractivity contribution in [2.45, 2.75) is 26.5 Å².